The van der Waals surface area contributed by atoms with Crippen molar-refractivity contribution in [1.29, 1.82) is 0 Å². The van der Waals surface area contributed by atoms with Gasteiger partial charge in [0.2, 0.25) is 0 Å². The molecule has 1 aromatic heterocycles. The summed E-state index contributed by atoms with van der Waals surface area (Å²) in [4.78, 5) is 2.41. The molecule has 0 fully saturated rings. The van der Waals surface area contributed by atoms with Gasteiger partial charge in [0, 0.05) is 38.9 Å². The highest BCUT2D eigenvalue weighted by atomic mass is 15.1. The SMILES string of the molecule is CC1(C)c2ccccc2-c2ccc(N(c3ccc(-c4ccc5c(c4)c4ccccc4n5-c4ccc(-c5ccccc5)cc4)cc3)c3cccc(-c4ccccc4)c3)cc21. The largest absolute Gasteiger partial charge is 0.310 e. The Morgan fingerprint density at radius 2 is 0.864 bits per heavy atom. The van der Waals surface area contributed by atoms with Gasteiger partial charge in [0.15, 0.2) is 0 Å². The van der Waals surface area contributed by atoms with Crippen LogP contribution >= 0.6 is 0 Å². The Labute approximate surface area is 345 Å². The predicted molar refractivity (Wildman–Crippen MR) is 249 cm³/mol. The maximum atomic E-state index is 2.41. The van der Waals surface area contributed by atoms with Crippen molar-refractivity contribution in [3.63, 3.8) is 0 Å². The summed E-state index contributed by atoms with van der Waals surface area (Å²) in [5.74, 6) is 0. The molecule has 0 radical (unpaired) electrons. The minimum absolute atomic E-state index is 0.100. The van der Waals surface area contributed by atoms with Gasteiger partial charge in [-0.15, -0.1) is 0 Å². The summed E-state index contributed by atoms with van der Waals surface area (Å²) in [6, 6.07) is 79.8. The molecule has 1 aliphatic carbocycles. The summed E-state index contributed by atoms with van der Waals surface area (Å²) in [6.45, 7) is 4.71. The summed E-state index contributed by atoms with van der Waals surface area (Å²) in [7, 11) is 0. The van der Waals surface area contributed by atoms with Crippen LogP contribution in [0.5, 0.6) is 0 Å². The fraction of sp³-hybridized carbons (Fsp3) is 0.0526. The number of hydrogen-bond acceptors (Lipinski definition) is 1. The van der Waals surface area contributed by atoms with Gasteiger partial charge in [-0.05, 0) is 122 Å². The molecule has 11 rings (SSSR count). The molecular formula is C57H42N2. The molecule has 0 spiro atoms. The zero-order chi connectivity index (χ0) is 39.5. The monoisotopic (exact) mass is 754 g/mol. The van der Waals surface area contributed by atoms with E-state index >= 15 is 0 Å². The van der Waals surface area contributed by atoms with Gasteiger partial charge in [0.05, 0.1) is 11.0 Å². The van der Waals surface area contributed by atoms with E-state index in [-0.39, 0.29) is 5.41 Å². The van der Waals surface area contributed by atoms with Gasteiger partial charge in [0.1, 0.15) is 0 Å². The van der Waals surface area contributed by atoms with Crippen molar-refractivity contribution in [1.82, 2.24) is 4.57 Å². The molecule has 2 heteroatoms. The maximum Gasteiger partial charge on any atom is 0.0541 e. The second-order valence-corrected chi connectivity index (χ2v) is 16.2. The molecule has 0 saturated heterocycles. The second kappa shape index (κ2) is 13.9. The lowest BCUT2D eigenvalue weighted by atomic mass is 9.82. The van der Waals surface area contributed by atoms with E-state index < -0.39 is 0 Å². The quantitative estimate of drug-likeness (QED) is 0.157. The Hall–Kier alpha value is -7.42. The molecule has 1 heterocycles. The number of anilines is 3. The van der Waals surface area contributed by atoms with Crippen molar-refractivity contribution in [2.24, 2.45) is 0 Å². The van der Waals surface area contributed by atoms with Crippen LogP contribution in [-0.2, 0) is 5.41 Å². The number of rotatable bonds is 7. The summed E-state index contributed by atoms with van der Waals surface area (Å²) in [5.41, 5.74) is 19.5. The summed E-state index contributed by atoms with van der Waals surface area (Å²) in [5, 5.41) is 2.50. The van der Waals surface area contributed by atoms with Crippen LogP contribution in [0.4, 0.5) is 17.1 Å². The molecule has 2 nitrogen and oxygen atoms in total. The fourth-order valence-corrected chi connectivity index (χ4v) is 9.40. The van der Waals surface area contributed by atoms with Crippen molar-refractivity contribution >= 4 is 38.9 Å². The average molecular weight is 755 g/mol. The first kappa shape index (κ1) is 34.8. The molecule has 0 amide bonds. The minimum Gasteiger partial charge on any atom is -0.310 e. The first-order chi connectivity index (χ1) is 29.0. The molecule has 1 aliphatic rings. The smallest absolute Gasteiger partial charge is 0.0541 e. The fourth-order valence-electron chi connectivity index (χ4n) is 9.40. The highest BCUT2D eigenvalue weighted by Gasteiger charge is 2.35. The number of aromatic nitrogens is 1. The minimum atomic E-state index is -0.100. The van der Waals surface area contributed by atoms with E-state index in [1.807, 2.05) is 0 Å². The summed E-state index contributed by atoms with van der Waals surface area (Å²) in [6.07, 6.45) is 0. The Bertz CT molecular complexity index is 3150. The van der Waals surface area contributed by atoms with Crippen molar-refractivity contribution in [2.45, 2.75) is 19.3 Å². The van der Waals surface area contributed by atoms with Crippen LogP contribution in [0.15, 0.2) is 218 Å². The van der Waals surface area contributed by atoms with Gasteiger partial charge in [-0.25, -0.2) is 0 Å². The Kier molecular flexibility index (Phi) is 8.20. The van der Waals surface area contributed by atoms with Gasteiger partial charge >= 0.3 is 0 Å². The molecule has 10 aromatic rings. The Morgan fingerprint density at radius 3 is 1.64 bits per heavy atom. The summed E-state index contributed by atoms with van der Waals surface area (Å²) >= 11 is 0. The van der Waals surface area contributed by atoms with Crippen LogP contribution in [0.25, 0.3) is 72.0 Å². The standard InChI is InChI=1S/C57H42N2/c1-57(2)53-22-11-9-20-49(53)50-34-33-48(38-54(50)57)58(47-19-13-18-43(36-47)40-16-7-4-8-17-40)45-29-26-42(27-30-45)44-28-35-56-52(37-44)51-21-10-12-23-55(51)59(56)46-31-24-41(25-32-46)39-14-5-3-6-15-39/h3-38H,1-2H3. The van der Waals surface area contributed by atoms with E-state index in [1.165, 1.54) is 77.4 Å². The van der Waals surface area contributed by atoms with Crippen molar-refractivity contribution < 1.29 is 0 Å². The molecular weight excluding hydrogens is 713 g/mol. The highest BCUT2D eigenvalue weighted by Crippen LogP contribution is 2.51. The third kappa shape index (κ3) is 5.87. The van der Waals surface area contributed by atoms with Gasteiger partial charge in [0.25, 0.3) is 0 Å². The van der Waals surface area contributed by atoms with Crippen LogP contribution in [0.2, 0.25) is 0 Å². The molecule has 59 heavy (non-hydrogen) atoms. The lowest BCUT2D eigenvalue weighted by Gasteiger charge is -2.28. The van der Waals surface area contributed by atoms with Crippen LogP contribution in [-0.4, -0.2) is 4.57 Å². The van der Waals surface area contributed by atoms with Gasteiger partial charge < -0.3 is 9.47 Å². The van der Waals surface area contributed by atoms with E-state index in [1.54, 1.807) is 0 Å². The number of benzene rings is 9. The molecule has 0 aliphatic heterocycles. The topological polar surface area (TPSA) is 8.17 Å². The van der Waals surface area contributed by atoms with Crippen LogP contribution < -0.4 is 4.90 Å². The number of hydrogen-bond donors (Lipinski definition) is 0. The zero-order valence-corrected chi connectivity index (χ0v) is 33.2. The van der Waals surface area contributed by atoms with E-state index in [9.17, 15) is 0 Å². The second-order valence-electron chi connectivity index (χ2n) is 16.2. The number of fused-ring (bicyclic) bond motifs is 6. The van der Waals surface area contributed by atoms with Crippen molar-refractivity contribution in [3.05, 3.63) is 230 Å². The molecule has 0 saturated carbocycles. The number of para-hydroxylation sites is 1. The van der Waals surface area contributed by atoms with Crippen LogP contribution in [0, 0.1) is 0 Å². The summed E-state index contributed by atoms with van der Waals surface area (Å²) < 4.78 is 2.39. The third-order valence-electron chi connectivity index (χ3n) is 12.4. The molecule has 9 aromatic carbocycles. The lowest BCUT2D eigenvalue weighted by molar-refractivity contribution is 0.660. The van der Waals surface area contributed by atoms with E-state index in [4.69, 9.17) is 0 Å². The molecule has 0 unspecified atom stereocenters. The van der Waals surface area contributed by atoms with Crippen LogP contribution in [0.3, 0.4) is 0 Å². The lowest BCUT2D eigenvalue weighted by Crippen LogP contribution is -2.16. The third-order valence-corrected chi connectivity index (χ3v) is 12.4. The Morgan fingerprint density at radius 1 is 0.339 bits per heavy atom. The first-order valence-electron chi connectivity index (χ1n) is 20.5. The predicted octanol–water partition coefficient (Wildman–Crippen LogP) is 15.6. The zero-order valence-electron chi connectivity index (χ0n) is 33.2. The molecule has 0 N–H and O–H groups in total. The normalized spacial score (nSPS) is 12.7. The van der Waals surface area contributed by atoms with E-state index in [0.29, 0.717) is 0 Å². The van der Waals surface area contributed by atoms with Gasteiger partial charge in [-0.3, -0.25) is 0 Å². The highest BCUT2D eigenvalue weighted by molar-refractivity contribution is 6.10. The van der Waals surface area contributed by atoms with Gasteiger partial charge in [-0.2, -0.15) is 0 Å². The number of nitrogens with zero attached hydrogens (tertiary/aromatic N) is 2. The van der Waals surface area contributed by atoms with Gasteiger partial charge in [-0.1, -0.05) is 166 Å². The Balaban J connectivity index is 0.993. The molecule has 0 bridgehead atoms. The first-order valence-corrected chi connectivity index (χ1v) is 20.5. The van der Waals surface area contributed by atoms with E-state index in [2.05, 4.69) is 242 Å². The molecule has 280 valence electrons. The van der Waals surface area contributed by atoms with Crippen molar-refractivity contribution in [3.8, 4) is 50.2 Å². The maximum absolute atomic E-state index is 2.41. The van der Waals surface area contributed by atoms with E-state index in [0.717, 1.165) is 22.7 Å². The molecule has 0 atom stereocenters. The average Bonchev–Trinajstić information content (AvgIpc) is 3.75. The van der Waals surface area contributed by atoms with Crippen LogP contribution in [0.1, 0.15) is 25.0 Å². The van der Waals surface area contributed by atoms with Crippen molar-refractivity contribution in [2.75, 3.05) is 4.90 Å².